The van der Waals surface area contributed by atoms with Gasteiger partial charge in [0, 0.05) is 33.4 Å². The molecule has 20 heavy (non-hydrogen) atoms. The molecule has 3 nitrogen and oxygen atoms in total. The molecule has 1 N–H and O–H groups in total. The molecule has 4 rings (SSSR count). The Hall–Kier alpha value is -2.68. The monoisotopic (exact) mass is 260 g/mol. The molecule has 2 aromatic heterocycles. The molecule has 0 aliphatic carbocycles. The summed E-state index contributed by atoms with van der Waals surface area (Å²) in [6.45, 7) is 1.58. The number of benzene rings is 2. The van der Waals surface area contributed by atoms with Gasteiger partial charge < -0.3 is 4.98 Å². The van der Waals surface area contributed by atoms with E-state index in [9.17, 15) is 4.79 Å². The Morgan fingerprint density at radius 1 is 1.05 bits per heavy atom. The number of carbonyl (C=O) groups is 1. The van der Waals surface area contributed by atoms with E-state index in [4.69, 9.17) is 0 Å². The molecule has 0 bridgehead atoms. The number of hydrogen-bond acceptors (Lipinski definition) is 2. The molecule has 0 aliphatic rings. The maximum absolute atomic E-state index is 11.6. The van der Waals surface area contributed by atoms with Crippen molar-refractivity contribution in [2.45, 2.75) is 6.92 Å². The molecule has 2 aromatic carbocycles. The molecule has 0 saturated carbocycles. The standard InChI is InChI=1S/C17H12N2O/c1-10(20)11-6-7-15-13(8-11)17-14(9-18-15)12-4-2-3-5-16(12)19-17/h2-9,19H,1H3. The SMILES string of the molecule is CC(=O)c1ccc2ncc3c4ccccc4[nH]c3c2c1. The van der Waals surface area contributed by atoms with Gasteiger partial charge in [0.15, 0.2) is 5.78 Å². The summed E-state index contributed by atoms with van der Waals surface area (Å²) in [4.78, 5) is 19.5. The number of aromatic amines is 1. The van der Waals surface area contributed by atoms with Crippen molar-refractivity contribution in [1.82, 2.24) is 9.97 Å². The molecular weight excluding hydrogens is 248 g/mol. The maximum atomic E-state index is 11.6. The van der Waals surface area contributed by atoms with E-state index in [0.717, 1.165) is 32.7 Å². The van der Waals surface area contributed by atoms with Crippen LogP contribution in [0, 0.1) is 0 Å². The van der Waals surface area contributed by atoms with Crippen LogP contribution in [-0.2, 0) is 0 Å². The van der Waals surface area contributed by atoms with Crippen molar-refractivity contribution in [3.8, 4) is 0 Å². The highest BCUT2D eigenvalue weighted by atomic mass is 16.1. The average Bonchev–Trinajstić information content (AvgIpc) is 2.85. The van der Waals surface area contributed by atoms with Crippen LogP contribution in [0.15, 0.2) is 48.7 Å². The maximum Gasteiger partial charge on any atom is 0.159 e. The molecule has 96 valence electrons. The number of nitrogens with one attached hydrogen (secondary N) is 1. The van der Waals surface area contributed by atoms with E-state index in [0.29, 0.717) is 5.56 Å². The predicted molar refractivity (Wildman–Crippen MR) is 81.1 cm³/mol. The van der Waals surface area contributed by atoms with Gasteiger partial charge in [0.05, 0.1) is 11.0 Å². The smallest absolute Gasteiger partial charge is 0.159 e. The minimum absolute atomic E-state index is 0.0695. The molecule has 3 heteroatoms. The zero-order chi connectivity index (χ0) is 13.7. The van der Waals surface area contributed by atoms with E-state index in [2.05, 4.69) is 22.1 Å². The molecule has 0 radical (unpaired) electrons. The van der Waals surface area contributed by atoms with E-state index in [1.54, 1.807) is 6.92 Å². The van der Waals surface area contributed by atoms with Gasteiger partial charge in [-0.1, -0.05) is 18.2 Å². The predicted octanol–water partition coefficient (Wildman–Crippen LogP) is 4.07. The van der Waals surface area contributed by atoms with Gasteiger partial charge in [0.2, 0.25) is 0 Å². The van der Waals surface area contributed by atoms with Crippen molar-refractivity contribution in [2.75, 3.05) is 0 Å². The summed E-state index contributed by atoms with van der Waals surface area (Å²) in [5.41, 5.74) is 3.74. The van der Waals surface area contributed by atoms with Crippen LogP contribution in [0.5, 0.6) is 0 Å². The summed E-state index contributed by atoms with van der Waals surface area (Å²) in [7, 11) is 0. The first-order valence-corrected chi connectivity index (χ1v) is 6.54. The van der Waals surface area contributed by atoms with Crippen LogP contribution in [0.3, 0.4) is 0 Å². The zero-order valence-corrected chi connectivity index (χ0v) is 11.0. The molecule has 0 spiro atoms. The second-order valence-electron chi connectivity index (χ2n) is 5.01. The molecule has 0 atom stereocenters. The Morgan fingerprint density at radius 2 is 1.90 bits per heavy atom. The number of fused-ring (bicyclic) bond motifs is 5. The lowest BCUT2D eigenvalue weighted by Gasteiger charge is -2.01. The third-order valence-corrected chi connectivity index (χ3v) is 3.75. The van der Waals surface area contributed by atoms with Crippen molar-refractivity contribution >= 4 is 38.5 Å². The first kappa shape index (κ1) is 11.2. The van der Waals surface area contributed by atoms with Crippen LogP contribution in [0.2, 0.25) is 0 Å². The summed E-state index contributed by atoms with van der Waals surface area (Å²) in [5, 5.41) is 3.24. The quantitative estimate of drug-likeness (QED) is 0.524. The van der Waals surface area contributed by atoms with Crippen LogP contribution in [-0.4, -0.2) is 15.8 Å². The highest BCUT2D eigenvalue weighted by molar-refractivity contribution is 6.16. The van der Waals surface area contributed by atoms with Crippen molar-refractivity contribution < 1.29 is 4.79 Å². The summed E-state index contributed by atoms with van der Waals surface area (Å²) < 4.78 is 0. The fraction of sp³-hybridized carbons (Fsp3) is 0.0588. The number of pyridine rings is 1. The van der Waals surface area contributed by atoms with Crippen LogP contribution in [0.4, 0.5) is 0 Å². The van der Waals surface area contributed by atoms with Crippen molar-refractivity contribution in [3.63, 3.8) is 0 Å². The molecule has 0 fully saturated rings. The van der Waals surface area contributed by atoms with Crippen molar-refractivity contribution in [3.05, 3.63) is 54.2 Å². The highest BCUT2D eigenvalue weighted by Crippen LogP contribution is 2.30. The van der Waals surface area contributed by atoms with Crippen LogP contribution < -0.4 is 0 Å². The second-order valence-corrected chi connectivity index (χ2v) is 5.01. The van der Waals surface area contributed by atoms with Gasteiger partial charge in [0.1, 0.15) is 0 Å². The minimum atomic E-state index is 0.0695. The lowest BCUT2D eigenvalue weighted by Crippen LogP contribution is -1.92. The van der Waals surface area contributed by atoms with E-state index in [1.807, 2.05) is 36.5 Å². The van der Waals surface area contributed by atoms with Crippen LogP contribution in [0.25, 0.3) is 32.7 Å². The summed E-state index contributed by atoms with van der Waals surface area (Å²) in [6.07, 6.45) is 1.89. The summed E-state index contributed by atoms with van der Waals surface area (Å²) >= 11 is 0. The summed E-state index contributed by atoms with van der Waals surface area (Å²) in [6, 6.07) is 13.8. The third-order valence-electron chi connectivity index (χ3n) is 3.75. The fourth-order valence-electron chi connectivity index (χ4n) is 2.71. The Morgan fingerprint density at radius 3 is 2.75 bits per heavy atom. The molecule has 0 amide bonds. The van der Waals surface area contributed by atoms with Crippen molar-refractivity contribution in [1.29, 1.82) is 0 Å². The Bertz CT molecular complexity index is 982. The van der Waals surface area contributed by atoms with Gasteiger partial charge >= 0.3 is 0 Å². The first-order valence-electron chi connectivity index (χ1n) is 6.54. The lowest BCUT2D eigenvalue weighted by atomic mass is 10.1. The first-order chi connectivity index (χ1) is 9.74. The Kier molecular flexibility index (Phi) is 2.18. The lowest BCUT2D eigenvalue weighted by molar-refractivity contribution is 0.101. The number of H-pyrrole nitrogens is 1. The van der Waals surface area contributed by atoms with Gasteiger partial charge in [-0.25, -0.2) is 0 Å². The van der Waals surface area contributed by atoms with E-state index < -0.39 is 0 Å². The zero-order valence-electron chi connectivity index (χ0n) is 11.0. The molecule has 4 aromatic rings. The van der Waals surface area contributed by atoms with Gasteiger partial charge in [-0.15, -0.1) is 0 Å². The van der Waals surface area contributed by atoms with E-state index in [-0.39, 0.29) is 5.78 Å². The summed E-state index contributed by atoms with van der Waals surface area (Å²) in [5.74, 6) is 0.0695. The van der Waals surface area contributed by atoms with Gasteiger partial charge in [-0.3, -0.25) is 9.78 Å². The minimum Gasteiger partial charge on any atom is -0.354 e. The topological polar surface area (TPSA) is 45.8 Å². The molecule has 0 saturated heterocycles. The van der Waals surface area contributed by atoms with Gasteiger partial charge in [0.25, 0.3) is 0 Å². The fourth-order valence-corrected chi connectivity index (χ4v) is 2.71. The number of rotatable bonds is 1. The largest absolute Gasteiger partial charge is 0.354 e. The Labute approximate surface area is 115 Å². The number of ketones is 1. The molecule has 0 aliphatic heterocycles. The van der Waals surface area contributed by atoms with Gasteiger partial charge in [-0.05, 0) is 31.2 Å². The number of aromatic nitrogens is 2. The van der Waals surface area contributed by atoms with Crippen LogP contribution in [0.1, 0.15) is 17.3 Å². The molecule has 2 heterocycles. The molecule has 0 unspecified atom stereocenters. The third kappa shape index (κ3) is 1.46. The normalized spacial score (nSPS) is 11.4. The number of Topliss-reactive ketones (excluding diaryl/α,β-unsaturated/α-hetero) is 1. The Balaban J connectivity index is 2.21. The molecular formula is C17H12N2O. The van der Waals surface area contributed by atoms with E-state index >= 15 is 0 Å². The number of hydrogen-bond donors (Lipinski definition) is 1. The average molecular weight is 260 g/mol. The highest BCUT2D eigenvalue weighted by Gasteiger charge is 2.09. The number of para-hydroxylation sites is 1. The van der Waals surface area contributed by atoms with E-state index in [1.165, 1.54) is 0 Å². The van der Waals surface area contributed by atoms with Crippen LogP contribution >= 0.6 is 0 Å². The second kappa shape index (κ2) is 3.90. The number of nitrogens with zero attached hydrogens (tertiary/aromatic N) is 1. The van der Waals surface area contributed by atoms with Gasteiger partial charge in [-0.2, -0.15) is 0 Å². The van der Waals surface area contributed by atoms with Crippen molar-refractivity contribution in [2.24, 2.45) is 0 Å². The number of carbonyl (C=O) groups excluding carboxylic acids is 1.